The van der Waals surface area contributed by atoms with Gasteiger partial charge in [-0.05, 0) is 12.3 Å². The fourth-order valence-electron chi connectivity index (χ4n) is 0.856. The second kappa shape index (κ2) is 4.04. The van der Waals surface area contributed by atoms with Crippen molar-refractivity contribution in [3.8, 4) is 0 Å². The summed E-state index contributed by atoms with van der Waals surface area (Å²) < 4.78 is 0. The van der Waals surface area contributed by atoms with E-state index >= 15 is 0 Å². The van der Waals surface area contributed by atoms with Gasteiger partial charge in [-0.25, -0.2) is 0 Å². The van der Waals surface area contributed by atoms with E-state index < -0.39 is 0 Å². The van der Waals surface area contributed by atoms with E-state index in [2.05, 4.69) is 6.92 Å². The first-order valence-corrected chi connectivity index (χ1v) is 2.65. The predicted octanol–water partition coefficient (Wildman–Crippen LogP) is 0.943. The maximum Gasteiger partial charge on any atom is 0.0726 e. The van der Waals surface area contributed by atoms with Gasteiger partial charge in [0.25, 0.3) is 0 Å². The molecular weight excluding hydrogens is 315 g/mol. The SMILES string of the molecule is CC1C=CC(O)C1.[Ac]. The van der Waals surface area contributed by atoms with Gasteiger partial charge < -0.3 is 5.11 Å². The maximum absolute atomic E-state index is 8.81. The van der Waals surface area contributed by atoms with Crippen LogP contribution in [0.1, 0.15) is 13.3 Å². The Morgan fingerprint density at radius 2 is 2.12 bits per heavy atom. The monoisotopic (exact) mass is 325 g/mol. The molecule has 43 valence electrons. The zero-order chi connectivity index (χ0) is 5.28. The molecule has 1 aliphatic carbocycles. The van der Waals surface area contributed by atoms with Crippen LogP contribution >= 0.6 is 0 Å². The number of aliphatic hydroxyl groups excluding tert-OH is 1. The van der Waals surface area contributed by atoms with Crippen molar-refractivity contribution >= 4 is 0 Å². The van der Waals surface area contributed by atoms with Crippen LogP contribution in [0.2, 0.25) is 0 Å². The van der Waals surface area contributed by atoms with Crippen molar-refractivity contribution in [3.63, 3.8) is 0 Å². The molecule has 0 spiro atoms. The van der Waals surface area contributed by atoms with Crippen LogP contribution in [0.3, 0.4) is 0 Å². The largest absolute Gasteiger partial charge is 0.389 e. The summed E-state index contributed by atoms with van der Waals surface area (Å²) in [4.78, 5) is 0. The van der Waals surface area contributed by atoms with Gasteiger partial charge in [0.2, 0.25) is 0 Å². The normalized spacial score (nSPS) is 34.8. The summed E-state index contributed by atoms with van der Waals surface area (Å²) in [7, 11) is 0. The van der Waals surface area contributed by atoms with Crippen LogP contribution in [-0.2, 0) is 0 Å². The number of hydrogen-bond acceptors (Lipinski definition) is 1. The molecule has 8 heavy (non-hydrogen) atoms. The second-order valence-electron chi connectivity index (χ2n) is 2.17. The smallest absolute Gasteiger partial charge is 0.0726 e. The van der Waals surface area contributed by atoms with Crippen molar-refractivity contribution in [2.24, 2.45) is 5.92 Å². The molecule has 0 fully saturated rings. The molecule has 1 N–H and O–H groups in total. The van der Waals surface area contributed by atoms with Gasteiger partial charge in [-0.3, -0.25) is 0 Å². The summed E-state index contributed by atoms with van der Waals surface area (Å²) in [6.07, 6.45) is 4.66. The quantitative estimate of drug-likeness (QED) is 0.658. The Kier molecular flexibility index (Phi) is 4.61. The maximum atomic E-state index is 8.81. The molecule has 1 radical (unpaired) electrons. The van der Waals surface area contributed by atoms with Crippen molar-refractivity contribution in [1.82, 2.24) is 0 Å². The van der Waals surface area contributed by atoms with E-state index in [1.54, 1.807) is 0 Å². The average molecular weight is 325 g/mol. The van der Waals surface area contributed by atoms with Crippen molar-refractivity contribution in [2.75, 3.05) is 0 Å². The molecule has 0 saturated heterocycles. The van der Waals surface area contributed by atoms with Gasteiger partial charge in [0, 0.05) is 44.1 Å². The Morgan fingerprint density at radius 3 is 2.25 bits per heavy atom. The number of aliphatic hydroxyl groups is 1. The minimum Gasteiger partial charge on any atom is -0.389 e. The molecule has 2 atom stereocenters. The van der Waals surface area contributed by atoms with Crippen LogP contribution < -0.4 is 0 Å². The first kappa shape index (κ1) is 9.14. The van der Waals surface area contributed by atoms with Crippen LogP contribution in [0.15, 0.2) is 12.2 Å². The van der Waals surface area contributed by atoms with E-state index in [-0.39, 0.29) is 50.2 Å². The van der Waals surface area contributed by atoms with Gasteiger partial charge in [0.1, 0.15) is 0 Å². The molecule has 1 aliphatic rings. The third-order valence-electron chi connectivity index (χ3n) is 1.28. The van der Waals surface area contributed by atoms with E-state index in [0.717, 1.165) is 6.42 Å². The van der Waals surface area contributed by atoms with Gasteiger partial charge in [-0.15, -0.1) is 0 Å². The summed E-state index contributed by atoms with van der Waals surface area (Å²) in [5.41, 5.74) is 0. The molecule has 2 unspecified atom stereocenters. The van der Waals surface area contributed by atoms with Crippen molar-refractivity contribution < 1.29 is 49.2 Å². The molecule has 1 nitrogen and oxygen atoms in total. The van der Waals surface area contributed by atoms with E-state index in [1.807, 2.05) is 12.2 Å². The molecule has 2 heteroatoms. The van der Waals surface area contributed by atoms with Gasteiger partial charge in [0.05, 0.1) is 6.10 Å². The number of allylic oxidation sites excluding steroid dienone is 1. The minimum absolute atomic E-state index is 0. The van der Waals surface area contributed by atoms with Gasteiger partial charge >= 0.3 is 0 Å². The molecule has 0 saturated carbocycles. The zero-order valence-electron chi connectivity index (χ0n) is 5.04. The Labute approximate surface area is 85.7 Å². The summed E-state index contributed by atoms with van der Waals surface area (Å²) >= 11 is 0. The minimum atomic E-state index is -0.157. The summed E-state index contributed by atoms with van der Waals surface area (Å²) in [5.74, 6) is 0.593. The van der Waals surface area contributed by atoms with E-state index in [0.29, 0.717) is 5.92 Å². The molecule has 0 aromatic carbocycles. The molecule has 0 aromatic rings. The molecular formula is C6H10AcO. The van der Waals surface area contributed by atoms with Crippen LogP contribution in [0, 0.1) is 50.0 Å². The average Bonchev–Trinajstić information content (AvgIpc) is 1.87. The third-order valence-corrected chi connectivity index (χ3v) is 1.28. The number of rotatable bonds is 0. The van der Waals surface area contributed by atoms with Crippen LogP contribution in [0.5, 0.6) is 0 Å². The van der Waals surface area contributed by atoms with Crippen molar-refractivity contribution in [3.05, 3.63) is 12.2 Å². The van der Waals surface area contributed by atoms with Gasteiger partial charge in [0.15, 0.2) is 0 Å². The summed E-state index contributed by atoms with van der Waals surface area (Å²) in [6, 6.07) is 0. The fourth-order valence-corrected chi connectivity index (χ4v) is 0.856. The third kappa shape index (κ3) is 2.62. The zero-order valence-corrected chi connectivity index (χ0v) is 9.79. The molecule has 1 rings (SSSR count). The van der Waals surface area contributed by atoms with Crippen molar-refractivity contribution in [2.45, 2.75) is 19.4 Å². The Hall–Kier alpha value is 1.14. The topological polar surface area (TPSA) is 20.2 Å². The first-order chi connectivity index (χ1) is 3.29. The standard InChI is InChI=1S/C6H10O.Ac/c1-5-2-3-6(7)4-5;/h2-3,5-7H,4H2,1H3;. The van der Waals surface area contributed by atoms with E-state index in [9.17, 15) is 0 Å². The van der Waals surface area contributed by atoms with Crippen LogP contribution in [0.4, 0.5) is 0 Å². The molecule has 0 aromatic heterocycles. The van der Waals surface area contributed by atoms with Crippen molar-refractivity contribution in [1.29, 1.82) is 0 Å². The summed E-state index contributed by atoms with van der Waals surface area (Å²) in [5, 5.41) is 8.81. The van der Waals surface area contributed by atoms with E-state index in [4.69, 9.17) is 5.11 Å². The fraction of sp³-hybridized carbons (Fsp3) is 0.667. The van der Waals surface area contributed by atoms with E-state index in [1.165, 1.54) is 0 Å². The molecule has 0 aliphatic heterocycles. The predicted molar refractivity (Wildman–Crippen MR) is 28.9 cm³/mol. The molecule has 0 heterocycles. The molecule has 0 bridgehead atoms. The van der Waals surface area contributed by atoms with Gasteiger partial charge in [-0.1, -0.05) is 19.1 Å². The first-order valence-electron chi connectivity index (χ1n) is 2.65. The van der Waals surface area contributed by atoms with Crippen LogP contribution in [-0.4, -0.2) is 11.2 Å². The van der Waals surface area contributed by atoms with Gasteiger partial charge in [-0.2, -0.15) is 0 Å². The molecule has 0 amide bonds. The Morgan fingerprint density at radius 1 is 1.50 bits per heavy atom. The van der Waals surface area contributed by atoms with Crippen LogP contribution in [0.25, 0.3) is 0 Å². The number of hydrogen-bond donors (Lipinski definition) is 1. The summed E-state index contributed by atoms with van der Waals surface area (Å²) in [6.45, 7) is 2.10. The Bertz CT molecular complexity index is 80.5. The Balaban J connectivity index is 0.000000490. The second-order valence-corrected chi connectivity index (χ2v) is 2.17.